The summed E-state index contributed by atoms with van der Waals surface area (Å²) in [7, 11) is 1.47. The molecule has 0 aromatic carbocycles. The van der Waals surface area contributed by atoms with Gasteiger partial charge in [0.15, 0.2) is 0 Å². The molecule has 0 fully saturated rings. The lowest BCUT2D eigenvalue weighted by molar-refractivity contribution is -0.870. The van der Waals surface area contributed by atoms with Crippen LogP contribution in [0.4, 0.5) is 0 Å². The van der Waals surface area contributed by atoms with Crippen molar-refractivity contribution in [2.45, 2.75) is 290 Å². The summed E-state index contributed by atoms with van der Waals surface area (Å²) in [6.07, 6.45) is 66.7. The van der Waals surface area contributed by atoms with Crippen molar-refractivity contribution >= 4 is 19.7 Å². The van der Waals surface area contributed by atoms with Gasteiger partial charge in [-0.25, -0.2) is 4.57 Å². The Kier molecular flexibility index (Phi) is 51.5. The Balaban J connectivity index is 5.17. The third-order valence-electron chi connectivity index (χ3n) is 13.4. The molecule has 0 aliphatic heterocycles. The number of amides is 1. The third-order valence-corrected chi connectivity index (χ3v) is 14.4. The highest BCUT2D eigenvalue weighted by Gasteiger charge is 2.30. The van der Waals surface area contributed by atoms with Gasteiger partial charge in [0.1, 0.15) is 19.3 Å². The highest BCUT2D eigenvalue weighted by molar-refractivity contribution is 7.47. The van der Waals surface area contributed by atoms with Crippen LogP contribution in [0.1, 0.15) is 278 Å². The van der Waals surface area contributed by atoms with Gasteiger partial charge in [-0.2, -0.15) is 0 Å². The van der Waals surface area contributed by atoms with E-state index in [-0.39, 0.29) is 25.5 Å². The van der Waals surface area contributed by atoms with E-state index < -0.39 is 25.9 Å². The Morgan fingerprint density at radius 3 is 1.29 bits per heavy atom. The topological polar surface area (TPSA) is 111 Å². The molecule has 73 heavy (non-hydrogen) atoms. The minimum atomic E-state index is -4.46. The molecule has 0 bridgehead atoms. The Morgan fingerprint density at radius 1 is 0.479 bits per heavy atom. The Hall–Kier alpha value is -2.29. The fraction of sp³-hybridized carbons (Fsp3) is 0.810. The fourth-order valence-corrected chi connectivity index (χ4v) is 9.41. The molecule has 0 aromatic rings. The normalized spacial score (nSPS) is 14.1. The SMILES string of the molecule is CCCCC/C=C\C/C=C\CCCCCCCCCCCCCCCC(=O)NC(COP(=O)(O)OCC[N+](C)(C)C)C(/C=C\CCCCCCCCCCC)OC(=O)CC/C=C/C/C=C\CCCCCCCC. The number of nitrogens with one attached hydrogen (secondary N) is 1. The minimum absolute atomic E-state index is 0.0321. The van der Waals surface area contributed by atoms with Gasteiger partial charge >= 0.3 is 13.8 Å². The summed E-state index contributed by atoms with van der Waals surface area (Å²) < 4.78 is 30.6. The van der Waals surface area contributed by atoms with Gasteiger partial charge in [0.25, 0.3) is 0 Å². The van der Waals surface area contributed by atoms with E-state index in [1.165, 1.54) is 180 Å². The summed E-state index contributed by atoms with van der Waals surface area (Å²) in [5.41, 5.74) is 0. The average Bonchev–Trinajstić information content (AvgIpc) is 3.35. The zero-order chi connectivity index (χ0) is 53.6. The lowest BCUT2D eigenvalue weighted by Gasteiger charge is -2.27. The summed E-state index contributed by atoms with van der Waals surface area (Å²) >= 11 is 0. The first kappa shape index (κ1) is 70.7. The number of likely N-dealkylation sites (N-methyl/N-ethyl adjacent to an activating group) is 1. The number of nitrogens with zero attached hydrogens (tertiary/aromatic N) is 1. The van der Waals surface area contributed by atoms with Crippen molar-refractivity contribution < 1.29 is 37.3 Å². The van der Waals surface area contributed by atoms with Crippen molar-refractivity contribution in [1.29, 1.82) is 0 Å². The van der Waals surface area contributed by atoms with Crippen molar-refractivity contribution in [2.75, 3.05) is 40.9 Å². The quantitative estimate of drug-likeness (QED) is 0.0205. The number of carbonyl (C=O) groups is 2. The number of unbranched alkanes of at least 4 members (excludes halogenated alkanes) is 31. The molecule has 0 saturated carbocycles. The second-order valence-corrected chi connectivity index (χ2v) is 23.3. The monoisotopic (exact) mass is 1050 g/mol. The standard InChI is InChI=1S/C63H117N2O7P/c1-7-10-13-16-19-22-25-27-28-29-30-31-32-33-34-35-36-38-40-43-46-49-52-55-62(66)64-60(59-71-73(68,69)70-58-57-65(4,5)6)61(54-51-48-45-42-39-24-21-18-15-12-9-3)72-63(67)56-53-50-47-44-41-37-26-23-20-17-14-11-8-2/h19,22,27-28,37,41,47,50-51,54,60-61H,7-18,20-21,23-26,29-36,38-40,42-46,48-49,52-53,55-59H2,1-6H3,(H-,64,66,68,69)/p+1/b22-19-,28-27-,41-37-,50-47+,54-51-. The van der Waals surface area contributed by atoms with E-state index in [1.54, 1.807) is 0 Å². The Bertz CT molecular complexity index is 1440. The highest BCUT2D eigenvalue weighted by atomic mass is 31.2. The van der Waals surface area contributed by atoms with Crippen molar-refractivity contribution in [1.82, 2.24) is 5.32 Å². The molecule has 3 unspecified atom stereocenters. The second kappa shape index (κ2) is 53.1. The first-order chi connectivity index (χ1) is 35.4. The maximum absolute atomic E-state index is 13.5. The van der Waals surface area contributed by atoms with E-state index in [1.807, 2.05) is 39.4 Å². The van der Waals surface area contributed by atoms with E-state index in [4.69, 9.17) is 13.8 Å². The minimum Gasteiger partial charge on any atom is -0.456 e. The van der Waals surface area contributed by atoms with Crippen molar-refractivity contribution in [3.63, 3.8) is 0 Å². The van der Waals surface area contributed by atoms with E-state index in [9.17, 15) is 19.0 Å². The molecule has 0 spiro atoms. The van der Waals surface area contributed by atoms with E-state index in [0.717, 1.165) is 57.8 Å². The van der Waals surface area contributed by atoms with Crippen LogP contribution in [-0.2, 0) is 27.9 Å². The molecular formula is C63H118N2O7P+. The average molecular weight is 1050 g/mol. The molecule has 0 rings (SSSR count). The molecular weight excluding hydrogens is 928 g/mol. The van der Waals surface area contributed by atoms with Gasteiger partial charge in [0.2, 0.25) is 5.91 Å². The van der Waals surface area contributed by atoms with Crippen LogP contribution in [0.5, 0.6) is 0 Å². The highest BCUT2D eigenvalue weighted by Crippen LogP contribution is 2.43. The van der Waals surface area contributed by atoms with Gasteiger partial charge in [-0.05, 0) is 83.1 Å². The lowest BCUT2D eigenvalue weighted by Crippen LogP contribution is -2.47. The zero-order valence-corrected chi connectivity index (χ0v) is 49.5. The van der Waals surface area contributed by atoms with Crippen molar-refractivity contribution in [2.24, 2.45) is 0 Å². The van der Waals surface area contributed by atoms with Gasteiger partial charge in [0.05, 0.1) is 33.8 Å². The van der Waals surface area contributed by atoms with Crippen LogP contribution in [0.15, 0.2) is 60.8 Å². The maximum Gasteiger partial charge on any atom is 0.472 e. The third kappa shape index (κ3) is 54.3. The number of phosphoric ester groups is 1. The lowest BCUT2D eigenvalue weighted by atomic mass is 10.0. The van der Waals surface area contributed by atoms with E-state index in [0.29, 0.717) is 23.9 Å². The van der Waals surface area contributed by atoms with Gasteiger partial charge in [0, 0.05) is 12.8 Å². The molecule has 0 saturated heterocycles. The second-order valence-electron chi connectivity index (χ2n) is 21.9. The number of ether oxygens (including phenoxy) is 1. The van der Waals surface area contributed by atoms with Crippen LogP contribution in [0, 0.1) is 0 Å². The number of rotatable bonds is 55. The fourth-order valence-electron chi connectivity index (χ4n) is 8.67. The molecule has 2 N–H and O–H groups in total. The molecule has 1 amide bonds. The van der Waals surface area contributed by atoms with Crippen LogP contribution >= 0.6 is 7.82 Å². The molecule has 0 heterocycles. The predicted molar refractivity (Wildman–Crippen MR) is 314 cm³/mol. The molecule has 0 aromatic heterocycles. The summed E-state index contributed by atoms with van der Waals surface area (Å²) in [6, 6.07) is -0.870. The Labute approximate surface area is 451 Å². The van der Waals surface area contributed by atoms with Gasteiger partial charge in [-0.15, -0.1) is 0 Å². The first-order valence-electron chi connectivity index (χ1n) is 30.6. The maximum atomic E-state index is 13.5. The molecule has 0 aliphatic carbocycles. The number of hydrogen-bond acceptors (Lipinski definition) is 6. The predicted octanol–water partition coefficient (Wildman–Crippen LogP) is 18.7. The molecule has 10 heteroatoms. The van der Waals surface area contributed by atoms with Crippen LogP contribution in [0.25, 0.3) is 0 Å². The summed E-state index contributed by atoms with van der Waals surface area (Å²) in [6.45, 7) is 6.95. The van der Waals surface area contributed by atoms with E-state index >= 15 is 0 Å². The van der Waals surface area contributed by atoms with Gasteiger partial charge in [-0.1, -0.05) is 242 Å². The molecule has 0 aliphatic rings. The van der Waals surface area contributed by atoms with Gasteiger partial charge in [-0.3, -0.25) is 18.6 Å². The number of quaternary nitrogens is 1. The van der Waals surface area contributed by atoms with Crippen LogP contribution in [0.3, 0.4) is 0 Å². The Morgan fingerprint density at radius 2 is 0.849 bits per heavy atom. The summed E-state index contributed by atoms with van der Waals surface area (Å²) in [5.74, 6) is -0.580. The molecule has 3 atom stereocenters. The molecule has 426 valence electrons. The van der Waals surface area contributed by atoms with Crippen molar-refractivity contribution in [3.05, 3.63) is 60.8 Å². The van der Waals surface area contributed by atoms with Crippen LogP contribution in [-0.4, -0.2) is 74.3 Å². The molecule has 0 radical (unpaired) electrons. The number of allylic oxidation sites excluding steroid dienone is 9. The number of esters is 1. The van der Waals surface area contributed by atoms with Gasteiger partial charge < -0.3 is 19.4 Å². The smallest absolute Gasteiger partial charge is 0.456 e. The van der Waals surface area contributed by atoms with Crippen LogP contribution < -0.4 is 5.32 Å². The number of carbonyl (C=O) groups excluding carboxylic acids is 2. The summed E-state index contributed by atoms with van der Waals surface area (Å²) in [4.78, 5) is 37.6. The molecule has 9 nitrogen and oxygen atoms in total. The first-order valence-corrected chi connectivity index (χ1v) is 32.1. The summed E-state index contributed by atoms with van der Waals surface area (Å²) in [5, 5.41) is 3.04. The largest absolute Gasteiger partial charge is 0.472 e. The van der Waals surface area contributed by atoms with Crippen LogP contribution in [0.2, 0.25) is 0 Å². The number of phosphoric acid groups is 1. The van der Waals surface area contributed by atoms with Crippen molar-refractivity contribution in [3.8, 4) is 0 Å². The zero-order valence-electron chi connectivity index (χ0n) is 48.6. The number of hydrogen-bond donors (Lipinski definition) is 2. The van der Waals surface area contributed by atoms with E-state index in [2.05, 4.69) is 68.6 Å².